The van der Waals surface area contributed by atoms with Crippen LogP contribution in [0.5, 0.6) is 0 Å². The molecule has 0 saturated heterocycles. The molecule has 102 valence electrons. The first kappa shape index (κ1) is 13.2. The zero-order chi connectivity index (χ0) is 14.2. The average molecular weight is 286 g/mol. The number of primary sulfonamides is 1. The van der Waals surface area contributed by atoms with Crippen LogP contribution in [0, 0.1) is 0 Å². The maximum atomic E-state index is 11.5. The molecule has 0 bridgehead atoms. The van der Waals surface area contributed by atoms with E-state index in [9.17, 15) is 18.0 Å². The van der Waals surface area contributed by atoms with Crippen molar-refractivity contribution in [3.8, 4) is 0 Å². The number of sulfonamides is 1. The Labute approximate surface area is 106 Å². The lowest BCUT2D eigenvalue weighted by molar-refractivity contribution is 0.591. The average Bonchev–Trinajstić information content (AvgIpc) is 2.66. The molecule has 0 aliphatic heterocycles. The summed E-state index contributed by atoms with van der Waals surface area (Å²) in [4.78, 5) is 24.1. The van der Waals surface area contributed by atoms with E-state index in [0.717, 1.165) is 10.8 Å². The van der Waals surface area contributed by atoms with Crippen LogP contribution in [0.25, 0.3) is 0 Å². The Kier molecular flexibility index (Phi) is 3.08. The van der Waals surface area contributed by atoms with Gasteiger partial charge in [0.25, 0.3) is 5.56 Å². The third kappa shape index (κ3) is 2.77. The summed E-state index contributed by atoms with van der Waals surface area (Å²) in [5.41, 5.74) is -1.39. The minimum Gasteiger partial charge on any atom is -0.293 e. The minimum absolute atomic E-state index is 0.0357. The van der Waals surface area contributed by atoms with Crippen molar-refractivity contribution in [1.29, 1.82) is 0 Å². The molecule has 11 heteroatoms. The maximum absolute atomic E-state index is 11.5. The van der Waals surface area contributed by atoms with E-state index in [1.807, 2.05) is 4.98 Å². The normalized spacial score (nSPS) is 11.7. The molecule has 0 unspecified atom stereocenters. The van der Waals surface area contributed by atoms with Crippen LogP contribution in [0.3, 0.4) is 0 Å². The smallest absolute Gasteiger partial charge is 0.293 e. The third-order valence-corrected chi connectivity index (χ3v) is 3.17. The predicted octanol–water partition coefficient (Wildman–Crippen LogP) is -2.64. The molecule has 0 amide bonds. The molecular formula is C8H10N6O4S. The number of aryl methyl sites for hydroxylation is 1. The summed E-state index contributed by atoms with van der Waals surface area (Å²) in [6.07, 6.45) is 2.43. The molecule has 19 heavy (non-hydrogen) atoms. The summed E-state index contributed by atoms with van der Waals surface area (Å²) in [5, 5.41) is 12.3. The van der Waals surface area contributed by atoms with Crippen molar-refractivity contribution in [2.45, 2.75) is 11.4 Å². The lowest BCUT2D eigenvalue weighted by atomic mass is 10.4. The monoisotopic (exact) mass is 286 g/mol. The van der Waals surface area contributed by atoms with Gasteiger partial charge in [-0.3, -0.25) is 19.0 Å². The van der Waals surface area contributed by atoms with E-state index < -0.39 is 26.2 Å². The topological polar surface area (TPSA) is 146 Å². The number of hydrogen-bond donors (Lipinski definition) is 2. The molecule has 0 fully saturated rings. The van der Waals surface area contributed by atoms with E-state index in [0.29, 0.717) is 5.69 Å². The second kappa shape index (κ2) is 4.44. The molecule has 0 aliphatic rings. The van der Waals surface area contributed by atoms with Crippen molar-refractivity contribution >= 4 is 10.0 Å². The summed E-state index contributed by atoms with van der Waals surface area (Å²) < 4.78 is 24.8. The van der Waals surface area contributed by atoms with Gasteiger partial charge in [0, 0.05) is 19.4 Å². The molecule has 3 N–H and O–H groups in total. The predicted molar refractivity (Wildman–Crippen MR) is 62.8 cm³/mol. The first-order chi connectivity index (χ1) is 8.77. The van der Waals surface area contributed by atoms with Gasteiger partial charge in [0.05, 0.1) is 6.54 Å². The van der Waals surface area contributed by atoms with E-state index in [1.165, 1.54) is 4.68 Å². The number of H-pyrrole nitrogens is 1. The highest BCUT2D eigenvalue weighted by Gasteiger charge is 2.16. The number of nitrogens with zero attached hydrogens (tertiary/aromatic N) is 4. The van der Waals surface area contributed by atoms with Gasteiger partial charge in [0.1, 0.15) is 5.69 Å². The summed E-state index contributed by atoms with van der Waals surface area (Å²) in [6.45, 7) is -0.0357. The summed E-state index contributed by atoms with van der Waals surface area (Å²) in [6, 6.07) is 0. The highest BCUT2D eigenvalue weighted by Crippen LogP contribution is 1.99. The van der Waals surface area contributed by atoms with Crippen LogP contribution in [0.1, 0.15) is 5.69 Å². The fourth-order valence-electron chi connectivity index (χ4n) is 1.45. The van der Waals surface area contributed by atoms with E-state index in [2.05, 4.69) is 10.3 Å². The first-order valence-corrected chi connectivity index (χ1v) is 6.54. The summed E-state index contributed by atoms with van der Waals surface area (Å²) in [5.74, 6) is 0. The largest absolute Gasteiger partial charge is 0.328 e. The van der Waals surface area contributed by atoms with Crippen molar-refractivity contribution in [1.82, 2.24) is 24.5 Å². The Morgan fingerprint density at radius 2 is 2.05 bits per heavy atom. The highest BCUT2D eigenvalue weighted by molar-refractivity contribution is 7.89. The molecule has 2 aromatic rings. The number of nitrogens with two attached hydrogens (primary N) is 1. The molecule has 0 aliphatic carbocycles. The number of aromatic amines is 1. The summed E-state index contributed by atoms with van der Waals surface area (Å²) in [7, 11) is -2.56. The van der Waals surface area contributed by atoms with Crippen molar-refractivity contribution in [3.05, 3.63) is 38.9 Å². The molecule has 0 aromatic carbocycles. The zero-order valence-corrected chi connectivity index (χ0v) is 10.6. The molecule has 0 saturated carbocycles. The number of hydrogen-bond acceptors (Lipinski definition) is 6. The first-order valence-electron chi connectivity index (χ1n) is 4.99. The molecule has 2 heterocycles. The van der Waals surface area contributed by atoms with Gasteiger partial charge in [-0.05, 0) is 0 Å². The number of rotatable bonds is 3. The van der Waals surface area contributed by atoms with E-state index in [-0.39, 0.29) is 6.54 Å². The van der Waals surface area contributed by atoms with Crippen LogP contribution in [-0.2, 0) is 23.6 Å². The van der Waals surface area contributed by atoms with Gasteiger partial charge >= 0.3 is 5.69 Å². The maximum Gasteiger partial charge on any atom is 0.328 e. The fourth-order valence-corrected chi connectivity index (χ4v) is 2.04. The van der Waals surface area contributed by atoms with Crippen molar-refractivity contribution in [3.63, 3.8) is 0 Å². The van der Waals surface area contributed by atoms with E-state index in [1.54, 1.807) is 13.2 Å². The standard InChI is InChI=1S/C8H10N6O4S/c1-13-2-5(11-12-13)3-14-4-6(19(9,17)18)7(15)10-8(14)16/h2,4H,3H2,1H3,(H2,9,17,18)(H,10,15,16). The van der Waals surface area contributed by atoms with E-state index in [4.69, 9.17) is 5.14 Å². The Hall–Kier alpha value is -2.27. The Balaban J connectivity index is 2.53. The van der Waals surface area contributed by atoms with Crippen LogP contribution < -0.4 is 16.4 Å². The third-order valence-electron chi connectivity index (χ3n) is 2.27. The zero-order valence-electron chi connectivity index (χ0n) is 9.77. The second-order valence-electron chi connectivity index (χ2n) is 3.81. The Morgan fingerprint density at radius 3 is 2.58 bits per heavy atom. The van der Waals surface area contributed by atoms with Crippen LogP contribution >= 0.6 is 0 Å². The molecule has 2 aromatic heterocycles. The van der Waals surface area contributed by atoms with Gasteiger partial charge < -0.3 is 0 Å². The van der Waals surface area contributed by atoms with Crippen molar-refractivity contribution in [2.75, 3.05) is 0 Å². The minimum atomic E-state index is -4.20. The highest BCUT2D eigenvalue weighted by atomic mass is 32.2. The van der Waals surface area contributed by atoms with Gasteiger partial charge in [-0.15, -0.1) is 5.10 Å². The fraction of sp³-hybridized carbons (Fsp3) is 0.250. The van der Waals surface area contributed by atoms with Crippen molar-refractivity contribution in [2.24, 2.45) is 12.2 Å². The molecule has 0 atom stereocenters. The van der Waals surface area contributed by atoms with Crippen LogP contribution in [0.15, 0.2) is 26.9 Å². The quantitative estimate of drug-likeness (QED) is 0.630. The van der Waals surface area contributed by atoms with Gasteiger partial charge in [-0.25, -0.2) is 18.4 Å². The number of nitrogens with one attached hydrogen (secondary N) is 1. The SMILES string of the molecule is Cn1cc(Cn2cc(S(N)(=O)=O)c(=O)[nH]c2=O)nn1. The van der Waals surface area contributed by atoms with Gasteiger partial charge in [0.2, 0.25) is 10.0 Å². The lowest BCUT2D eigenvalue weighted by Crippen LogP contribution is -2.34. The lowest BCUT2D eigenvalue weighted by Gasteiger charge is -2.04. The molecule has 10 nitrogen and oxygen atoms in total. The molecule has 0 radical (unpaired) electrons. The van der Waals surface area contributed by atoms with Crippen LogP contribution in [0.4, 0.5) is 0 Å². The number of aromatic nitrogens is 5. The Morgan fingerprint density at radius 1 is 1.37 bits per heavy atom. The van der Waals surface area contributed by atoms with Crippen LogP contribution in [-0.4, -0.2) is 33.0 Å². The van der Waals surface area contributed by atoms with Gasteiger partial charge in [-0.2, -0.15) is 0 Å². The van der Waals surface area contributed by atoms with Gasteiger partial charge in [-0.1, -0.05) is 5.21 Å². The molecule has 2 rings (SSSR count). The molecule has 0 spiro atoms. The van der Waals surface area contributed by atoms with E-state index >= 15 is 0 Å². The summed E-state index contributed by atoms with van der Waals surface area (Å²) >= 11 is 0. The van der Waals surface area contributed by atoms with Crippen LogP contribution in [0.2, 0.25) is 0 Å². The Bertz CT molecular complexity index is 829. The van der Waals surface area contributed by atoms with Gasteiger partial charge in [0.15, 0.2) is 4.90 Å². The molecular weight excluding hydrogens is 276 g/mol. The van der Waals surface area contributed by atoms with Crippen molar-refractivity contribution < 1.29 is 8.42 Å². The second-order valence-corrected chi connectivity index (χ2v) is 5.34.